The number of benzene rings is 3. The number of hydrogen-bond donors (Lipinski definition) is 2. The molecule has 4 nitrogen and oxygen atoms in total. The Balaban J connectivity index is 1.60. The highest BCUT2D eigenvalue weighted by molar-refractivity contribution is 6.36. The van der Waals surface area contributed by atoms with Gasteiger partial charge in [-0.15, -0.1) is 0 Å². The fraction of sp³-hybridized carbons (Fsp3) is 0.250. The molecule has 1 fully saturated rings. The second-order valence-electron chi connectivity index (χ2n) is 7.52. The fourth-order valence-corrected chi connectivity index (χ4v) is 4.40. The zero-order chi connectivity index (χ0) is 21.1. The van der Waals surface area contributed by atoms with Crippen molar-refractivity contribution in [3.8, 4) is 11.5 Å². The quantitative estimate of drug-likeness (QED) is 0.460. The maximum atomic E-state index is 10.4. The maximum absolute atomic E-state index is 10.4. The lowest BCUT2D eigenvalue weighted by atomic mass is 9.91. The summed E-state index contributed by atoms with van der Waals surface area (Å²) in [7, 11) is 0. The standard InChI is InChI=1S/C24H22Cl2N2O2/c25-17-11-16(24(30)20(26)12-17)13-27-21-7-3-4-8-22(21)28-14-19-18-6-2-1-5-15(18)9-10-23(19)29/h1-2,5-6,9-14,21-22,29-30H,3-4,7-8H2. The maximum Gasteiger partial charge on any atom is 0.143 e. The smallest absolute Gasteiger partial charge is 0.143 e. The Morgan fingerprint density at radius 2 is 1.57 bits per heavy atom. The van der Waals surface area contributed by atoms with Crippen LogP contribution in [-0.2, 0) is 0 Å². The summed E-state index contributed by atoms with van der Waals surface area (Å²) >= 11 is 12.1. The molecule has 2 N–H and O–H groups in total. The van der Waals surface area contributed by atoms with E-state index in [-0.39, 0.29) is 28.6 Å². The van der Waals surface area contributed by atoms with E-state index >= 15 is 0 Å². The van der Waals surface area contributed by atoms with Crippen LogP contribution in [0.1, 0.15) is 36.8 Å². The first-order chi connectivity index (χ1) is 14.5. The highest BCUT2D eigenvalue weighted by Gasteiger charge is 2.23. The van der Waals surface area contributed by atoms with Gasteiger partial charge in [0.2, 0.25) is 0 Å². The minimum Gasteiger partial charge on any atom is -0.507 e. The molecule has 2 atom stereocenters. The van der Waals surface area contributed by atoms with Gasteiger partial charge in [-0.1, -0.05) is 66.4 Å². The van der Waals surface area contributed by atoms with Crippen molar-refractivity contribution in [2.75, 3.05) is 0 Å². The number of rotatable bonds is 4. The Bertz CT molecular complexity index is 1130. The van der Waals surface area contributed by atoms with Crippen molar-refractivity contribution in [3.63, 3.8) is 0 Å². The molecule has 0 saturated heterocycles. The Labute approximate surface area is 185 Å². The predicted octanol–water partition coefficient (Wildman–Crippen LogP) is 6.41. The first-order valence-corrected chi connectivity index (χ1v) is 10.7. The first kappa shape index (κ1) is 20.7. The second-order valence-corrected chi connectivity index (χ2v) is 8.36. The predicted molar refractivity (Wildman–Crippen MR) is 125 cm³/mol. The molecular formula is C24H22Cl2N2O2. The molecule has 0 aliphatic heterocycles. The summed E-state index contributed by atoms with van der Waals surface area (Å²) in [6, 6.07) is 14.7. The van der Waals surface area contributed by atoms with E-state index < -0.39 is 0 Å². The van der Waals surface area contributed by atoms with Crippen LogP contribution in [0.25, 0.3) is 10.8 Å². The third-order valence-corrected chi connectivity index (χ3v) is 6.01. The molecule has 30 heavy (non-hydrogen) atoms. The third-order valence-electron chi connectivity index (χ3n) is 5.50. The minimum absolute atomic E-state index is 0.00478. The molecule has 0 amide bonds. The van der Waals surface area contributed by atoms with Crippen molar-refractivity contribution in [1.29, 1.82) is 0 Å². The van der Waals surface area contributed by atoms with Gasteiger partial charge < -0.3 is 10.2 Å². The van der Waals surface area contributed by atoms with Crippen LogP contribution in [0.2, 0.25) is 10.0 Å². The van der Waals surface area contributed by atoms with E-state index in [1.54, 1.807) is 24.6 Å². The van der Waals surface area contributed by atoms with E-state index in [4.69, 9.17) is 33.2 Å². The van der Waals surface area contributed by atoms with E-state index in [9.17, 15) is 10.2 Å². The van der Waals surface area contributed by atoms with Crippen LogP contribution >= 0.6 is 23.2 Å². The van der Waals surface area contributed by atoms with Crippen molar-refractivity contribution < 1.29 is 10.2 Å². The molecule has 1 saturated carbocycles. The fourth-order valence-electron chi connectivity index (χ4n) is 3.89. The van der Waals surface area contributed by atoms with Gasteiger partial charge >= 0.3 is 0 Å². The Hall–Kier alpha value is -2.56. The molecule has 3 aromatic carbocycles. The van der Waals surface area contributed by atoms with Crippen molar-refractivity contribution >= 4 is 46.4 Å². The van der Waals surface area contributed by atoms with Crippen LogP contribution in [0.15, 0.2) is 58.5 Å². The average Bonchev–Trinajstić information content (AvgIpc) is 2.75. The number of aliphatic imine (C=N–C) groups is 2. The molecule has 0 spiro atoms. The highest BCUT2D eigenvalue weighted by atomic mass is 35.5. The number of aromatic hydroxyl groups is 2. The average molecular weight is 441 g/mol. The van der Waals surface area contributed by atoms with Gasteiger partial charge in [0.15, 0.2) is 0 Å². The van der Waals surface area contributed by atoms with Crippen molar-refractivity contribution in [2.24, 2.45) is 9.98 Å². The molecule has 3 aromatic rings. The summed E-state index contributed by atoms with van der Waals surface area (Å²) in [5.41, 5.74) is 1.22. The van der Waals surface area contributed by atoms with Crippen LogP contribution in [-0.4, -0.2) is 34.7 Å². The summed E-state index contributed by atoms with van der Waals surface area (Å²) < 4.78 is 0. The number of fused-ring (bicyclic) bond motifs is 1. The number of halogens is 2. The van der Waals surface area contributed by atoms with Crippen LogP contribution in [0, 0.1) is 0 Å². The van der Waals surface area contributed by atoms with E-state index in [2.05, 4.69) is 0 Å². The van der Waals surface area contributed by atoms with Gasteiger partial charge in [-0.05, 0) is 41.8 Å². The molecule has 4 rings (SSSR count). The molecule has 1 aliphatic rings. The largest absolute Gasteiger partial charge is 0.507 e. The summed E-state index contributed by atoms with van der Waals surface area (Å²) in [6.45, 7) is 0. The summed E-state index contributed by atoms with van der Waals surface area (Å²) in [5.74, 6) is 0.188. The molecule has 154 valence electrons. The van der Waals surface area contributed by atoms with Gasteiger partial charge in [0, 0.05) is 28.6 Å². The van der Waals surface area contributed by atoms with E-state index in [1.807, 2.05) is 30.3 Å². The van der Waals surface area contributed by atoms with E-state index in [0.717, 1.165) is 42.0 Å². The molecule has 0 bridgehead atoms. The zero-order valence-corrected chi connectivity index (χ0v) is 17.8. The lowest BCUT2D eigenvalue weighted by Gasteiger charge is -2.25. The van der Waals surface area contributed by atoms with Crippen LogP contribution in [0.3, 0.4) is 0 Å². The Morgan fingerprint density at radius 3 is 2.33 bits per heavy atom. The molecule has 2 unspecified atom stereocenters. The van der Waals surface area contributed by atoms with Crippen molar-refractivity contribution in [3.05, 3.63) is 69.7 Å². The number of phenolic OH excluding ortho intramolecular Hbond substituents is 2. The van der Waals surface area contributed by atoms with Gasteiger partial charge in [-0.2, -0.15) is 0 Å². The monoisotopic (exact) mass is 440 g/mol. The minimum atomic E-state index is -0.0265. The van der Waals surface area contributed by atoms with E-state index in [0.29, 0.717) is 10.6 Å². The van der Waals surface area contributed by atoms with Gasteiger partial charge in [-0.25, -0.2) is 0 Å². The molecule has 0 aromatic heterocycles. The molecular weight excluding hydrogens is 419 g/mol. The summed E-state index contributed by atoms with van der Waals surface area (Å²) in [4.78, 5) is 9.50. The lowest BCUT2D eigenvalue weighted by Crippen LogP contribution is -2.27. The van der Waals surface area contributed by atoms with Crippen LogP contribution < -0.4 is 0 Å². The van der Waals surface area contributed by atoms with Gasteiger partial charge in [0.05, 0.1) is 17.1 Å². The molecule has 0 radical (unpaired) electrons. The molecule has 6 heteroatoms. The zero-order valence-electron chi connectivity index (χ0n) is 16.3. The Morgan fingerprint density at radius 1 is 0.867 bits per heavy atom. The number of nitrogens with zero attached hydrogens (tertiary/aromatic N) is 2. The molecule has 0 heterocycles. The Kier molecular flexibility index (Phi) is 6.26. The molecule has 1 aliphatic carbocycles. The number of hydrogen-bond acceptors (Lipinski definition) is 4. The van der Waals surface area contributed by atoms with E-state index in [1.165, 1.54) is 6.07 Å². The van der Waals surface area contributed by atoms with Gasteiger partial charge in [0.1, 0.15) is 11.5 Å². The van der Waals surface area contributed by atoms with Crippen molar-refractivity contribution in [2.45, 2.75) is 37.8 Å². The van der Waals surface area contributed by atoms with Gasteiger partial charge in [0.25, 0.3) is 0 Å². The third kappa shape index (κ3) is 4.45. The second kappa shape index (κ2) is 9.07. The van der Waals surface area contributed by atoms with Crippen LogP contribution in [0.4, 0.5) is 0 Å². The van der Waals surface area contributed by atoms with Gasteiger partial charge in [-0.3, -0.25) is 9.98 Å². The van der Waals surface area contributed by atoms with Crippen LogP contribution in [0.5, 0.6) is 11.5 Å². The van der Waals surface area contributed by atoms with Crippen molar-refractivity contribution in [1.82, 2.24) is 0 Å². The normalized spacial score (nSPS) is 19.8. The highest BCUT2D eigenvalue weighted by Crippen LogP contribution is 2.31. The topological polar surface area (TPSA) is 65.2 Å². The summed E-state index contributed by atoms with van der Waals surface area (Å²) in [5, 5.41) is 23.2. The SMILES string of the molecule is Oc1ccc2ccccc2c1C=NC1CCCCC1N=Cc1cc(Cl)cc(Cl)c1O. The summed E-state index contributed by atoms with van der Waals surface area (Å²) in [6.07, 6.45) is 7.39. The first-order valence-electron chi connectivity index (χ1n) is 9.98. The number of phenols is 2. The lowest BCUT2D eigenvalue weighted by molar-refractivity contribution is 0.390.